The SMILES string of the molecule is OCC[C@H]1O[C@@H]1CCO. The van der Waals surface area contributed by atoms with Gasteiger partial charge in [0.25, 0.3) is 0 Å². The van der Waals surface area contributed by atoms with Crippen molar-refractivity contribution < 1.29 is 14.9 Å². The van der Waals surface area contributed by atoms with Crippen molar-refractivity contribution in [2.24, 2.45) is 0 Å². The summed E-state index contributed by atoms with van der Waals surface area (Å²) < 4.78 is 5.08. The first-order valence-corrected chi connectivity index (χ1v) is 3.25. The normalized spacial score (nSPS) is 32.7. The van der Waals surface area contributed by atoms with Gasteiger partial charge < -0.3 is 14.9 Å². The van der Waals surface area contributed by atoms with Gasteiger partial charge in [0.1, 0.15) is 0 Å². The van der Waals surface area contributed by atoms with Gasteiger partial charge >= 0.3 is 0 Å². The lowest BCUT2D eigenvalue weighted by Crippen LogP contribution is -1.98. The van der Waals surface area contributed by atoms with Gasteiger partial charge in [0, 0.05) is 13.2 Å². The molecule has 0 aromatic rings. The number of hydrogen-bond acceptors (Lipinski definition) is 3. The third kappa shape index (κ3) is 1.93. The molecule has 1 aliphatic heterocycles. The second kappa shape index (κ2) is 3.15. The number of aliphatic hydroxyl groups is 2. The van der Waals surface area contributed by atoms with E-state index in [9.17, 15) is 0 Å². The van der Waals surface area contributed by atoms with E-state index in [-0.39, 0.29) is 25.4 Å². The standard InChI is InChI=1S/C6H12O3/c7-3-1-5-6(9-5)2-4-8/h5-8H,1-4H2/t5-,6-/m1/s1. The number of rotatable bonds is 4. The molecule has 0 bridgehead atoms. The summed E-state index contributed by atoms with van der Waals surface area (Å²) in [6.45, 7) is 0.374. The van der Waals surface area contributed by atoms with Crippen LogP contribution in [0.25, 0.3) is 0 Å². The van der Waals surface area contributed by atoms with E-state index < -0.39 is 0 Å². The topological polar surface area (TPSA) is 53.0 Å². The summed E-state index contributed by atoms with van der Waals surface area (Å²) in [4.78, 5) is 0. The van der Waals surface area contributed by atoms with Gasteiger partial charge in [-0.25, -0.2) is 0 Å². The molecule has 1 rings (SSSR count). The zero-order valence-electron chi connectivity index (χ0n) is 5.29. The van der Waals surface area contributed by atoms with E-state index in [2.05, 4.69) is 0 Å². The van der Waals surface area contributed by atoms with Crippen LogP contribution in [-0.4, -0.2) is 35.6 Å². The molecule has 3 heteroatoms. The van der Waals surface area contributed by atoms with Crippen LogP contribution in [0.15, 0.2) is 0 Å². The smallest absolute Gasteiger partial charge is 0.0864 e. The first-order chi connectivity index (χ1) is 4.38. The molecule has 2 atom stereocenters. The Morgan fingerprint density at radius 2 is 1.44 bits per heavy atom. The van der Waals surface area contributed by atoms with Crippen molar-refractivity contribution in [3.63, 3.8) is 0 Å². The van der Waals surface area contributed by atoms with E-state index in [1.807, 2.05) is 0 Å². The predicted molar refractivity (Wildman–Crippen MR) is 32.1 cm³/mol. The molecule has 2 N–H and O–H groups in total. The van der Waals surface area contributed by atoms with Crippen LogP contribution in [0, 0.1) is 0 Å². The van der Waals surface area contributed by atoms with Crippen molar-refractivity contribution in [3.05, 3.63) is 0 Å². The Morgan fingerprint density at radius 3 is 1.78 bits per heavy atom. The van der Waals surface area contributed by atoms with Crippen LogP contribution < -0.4 is 0 Å². The fourth-order valence-corrected chi connectivity index (χ4v) is 0.942. The van der Waals surface area contributed by atoms with Crippen molar-refractivity contribution >= 4 is 0 Å². The molecule has 0 radical (unpaired) electrons. The molecule has 1 fully saturated rings. The molecular weight excluding hydrogens is 120 g/mol. The molecule has 0 amide bonds. The van der Waals surface area contributed by atoms with Crippen LogP contribution >= 0.6 is 0 Å². The highest BCUT2D eigenvalue weighted by molar-refractivity contribution is 4.83. The second-order valence-corrected chi connectivity index (χ2v) is 2.24. The average molecular weight is 132 g/mol. The minimum Gasteiger partial charge on any atom is -0.396 e. The van der Waals surface area contributed by atoms with Crippen molar-refractivity contribution in [1.29, 1.82) is 0 Å². The zero-order valence-corrected chi connectivity index (χ0v) is 5.29. The quantitative estimate of drug-likeness (QED) is 0.508. The number of hydrogen-bond donors (Lipinski definition) is 2. The minimum atomic E-state index is 0.187. The molecule has 1 saturated heterocycles. The van der Waals surface area contributed by atoms with Crippen LogP contribution in [0.3, 0.4) is 0 Å². The molecule has 3 nitrogen and oxygen atoms in total. The van der Waals surface area contributed by atoms with E-state index >= 15 is 0 Å². The Labute approximate surface area is 54.3 Å². The lowest BCUT2D eigenvalue weighted by Gasteiger charge is -1.86. The third-order valence-electron chi connectivity index (χ3n) is 1.51. The zero-order chi connectivity index (χ0) is 6.69. The summed E-state index contributed by atoms with van der Waals surface area (Å²) in [7, 11) is 0. The van der Waals surface area contributed by atoms with Crippen LogP contribution in [-0.2, 0) is 4.74 Å². The van der Waals surface area contributed by atoms with Gasteiger partial charge in [0.05, 0.1) is 12.2 Å². The second-order valence-electron chi connectivity index (χ2n) is 2.24. The van der Waals surface area contributed by atoms with Crippen molar-refractivity contribution in [3.8, 4) is 0 Å². The summed E-state index contributed by atoms with van der Waals surface area (Å²) >= 11 is 0. The highest BCUT2D eigenvalue weighted by Gasteiger charge is 2.36. The molecule has 54 valence electrons. The van der Waals surface area contributed by atoms with Gasteiger partial charge in [-0.1, -0.05) is 0 Å². The van der Waals surface area contributed by atoms with E-state index in [0.717, 1.165) is 0 Å². The Morgan fingerprint density at radius 1 is 1.00 bits per heavy atom. The molecule has 1 aliphatic rings. The van der Waals surface area contributed by atoms with E-state index in [1.165, 1.54) is 0 Å². The Kier molecular flexibility index (Phi) is 2.45. The summed E-state index contributed by atoms with van der Waals surface area (Å²) in [5.41, 5.74) is 0. The van der Waals surface area contributed by atoms with Crippen LogP contribution in [0.1, 0.15) is 12.8 Å². The van der Waals surface area contributed by atoms with E-state index in [0.29, 0.717) is 12.8 Å². The van der Waals surface area contributed by atoms with Gasteiger partial charge in [-0.2, -0.15) is 0 Å². The van der Waals surface area contributed by atoms with E-state index in [1.54, 1.807) is 0 Å². The highest BCUT2D eigenvalue weighted by Crippen LogP contribution is 2.27. The van der Waals surface area contributed by atoms with Gasteiger partial charge in [-0.15, -0.1) is 0 Å². The van der Waals surface area contributed by atoms with E-state index in [4.69, 9.17) is 14.9 Å². The average Bonchev–Trinajstić information content (AvgIpc) is 2.50. The van der Waals surface area contributed by atoms with Crippen molar-refractivity contribution in [2.45, 2.75) is 25.0 Å². The van der Waals surface area contributed by atoms with Crippen LogP contribution in [0.2, 0.25) is 0 Å². The van der Waals surface area contributed by atoms with Crippen molar-refractivity contribution in [1.82, 2.24) is 0 Å². The molecule has 0 saturated carbocycles. The first kappa shape index (κ1) is 6.99. The fourth-order valence-electron chi connectivity index (χ4n) is 0.942. The summed E-state index contributed by atoms with van der Waals surface area (Å²) in [5.74, 6) is 0. The van der Waals surface area contributed by atoms with Gasteiger partial charge in [0.2, 0.25) is 0 Å². The molecule has 0 unspecified atom stereocenters. The lowest BCUT2D eigenvalue weighted by molar-refractivity contribution is 0.253. The van der Waals surface area contributed by atoms with Crippen molar-refractivity contribution in [2.75, 3.05) is 13.2 Å². The number of ether oxygens (including phenoxy) is 1. The van der Waals surface area contributed by atoms with Gasteiger partial charge in [-0.3, -0.25) is 0 Å². The predicted octanol–water partition coefficient (Wildman–Crippen LogP) is -0.481. The molecule has 0 spiro atoms. The van der Waals surface area contributed by atoms with Crippen LogP contribution in [0.4, 0.5) is 0 Å². The number of epoxide rings is 1. The Hall–Kier alpha value is -0.120. The van der Waals surface area contributed by atoms with Crippen LogP contribution in [0.5, 0.6) is 0 Å². The third-order valence-corrected chi connectivity index (χ3v) is 1.51. The van der Waals surface area contributed by atoms with Gasteiger partial charge in [-0.05, 0) is 12.8 Å². The maximum atomic E-state index is 8.42. The summed E-state index contributed by atoms with van der Waals surface area (Å²) in [6, 6.07) is 0. The maximum absolute atomic E-state index is 8.42. The first-order valence-electron chi connectivity index (χ1n) is 3.25. The molecule has 0 aromatic carbocycles. The largest absolute Gasteiger partial charge is 0.396 e. The minimum absolute atomic E-state index is 0.187. The molecule has 0 aliphatic carbocycles. The maximum Gasteiger partial charge on any atom is 0.0864 e. The molecular formula is C6H12O3. The Bertz CT molecular complexity index is 74.4. The molecule has 0 aromatic heterocycles. The lowest BCUT2D eigenvalue weighted by atomic mass is 10.2. The summed E-state index contributed by atoms with van der Waals surface area (Å²) in [5, 5.41) is 16.8. The highest BCUT2D eigenvalue weighted by atomic mass is 16.6. The molecule has 1 heterocycles. The summed E-state index contributed by atoms with van der Waals surface area (Å²) in [6.07, 6.45) is 1.87. The molecule has 9 heavy (non-hydrogen) atoms. The monoisotopic (exact) mass is 132 g/mol. The fraction of sp³-hybridized carbons (Fsp3) is 1.00. The Balaban J connectivity index is 1.96. The number of aliphatic hydroxyl groups excluding tert-OH is 2. The van der Waals surface area contributed by atoms with Gasteiger partial charge in [0.15, 0.2) is 0 Å².